The van der Waals surface area contributed by atoms with Crippen molar-refractivity contribution >= 4 is 11.7 Å². The Labute approximate surface area is 116 Å². The van der Waals surface area contributed by atoms with Crippen molar-refractivity contribution in [1.29, 1.82) is 0 Å². The van der Waals surface area contributed by atoms with Crippen LogP contribution in [0.5, 0.6) is 0 Å². The highest BCUT2D eigenvalue weighted by Crippen LogP contribution is 2.08. The number of unbranched alkanes of at least 4 members (excludes halogenated alkanes) is 4. The van der Waals surface area contributed by atoms with Gasteiger partial charge >= 0.3 is 5.97 Å². The highest BCUT2D eigenvalue weighted by molar-refractivity contribution is 5.78. The van der Waals surface area contributed by atoms with Crippen LogP contribution in [-0.2, 0) is 9.53 Å². The summed E-state index contributed by atoms with van der Waals surface area (Å²) >= 11 is 0. The molecule has 106 valence electrons. The van der Waals surface area contributed by atoms with Gasteiger partial charge in [0.15, 0.2) is 0 Å². The van der Waals surface area contributed by atoms with Crippen molar-refractivity contribution in [2.75, 3.05) is 11.9 Å². The maximum atomic E-state index is 11.8. The first-order valence-electron chi connectivity index (χ1n) is 7.22. The van der Waals surface area contributed by atoms with Gasteiger partial charge in [0.25, 0.3) is 0 Å². The van der Waals surface area contributed by atoms with E-state index < -0.39 is 0 Å². The summed E-state index contributed by atoms with van der Waals surface area (Å²) in [5.41, 5.74) is 0.940. The van der Waals surface area contributed by atoms with Crippen molar-refractivity contribution in [3.05, 3.63) is 30.3 Å². The van der Waals surface area contributed by atoms with E-state index in [0.29, 0.717) is 6.61 Å². The molecule has 0 radical (unpaired) electrons. The van der Waals surface area contributed by atoms with Crippen LogP contribution in [0.25, 0.3) is 0 Å². The monoisotopic (exact) mass is 263 g/mol. The third-order valence-corrected chi connectivity index (χ3v) is 3.00. The van der Waals surface area contributed by atoms with Crippen molar-refractivity contribution < 1.29 is 9.53 Å². The number of anilines is 1. The van der Waals surface area contributed by atoms with Gasteiger partial charge in [-0.25, -0.2) is 4.79 Å². The first-order chi connectivity index (χ1) is 9.24. The maximum Gasteiger partial charge on any atom is 0.328 e. The smallest absolute Gasteiger partial charge is 0.328 e. The summed E-state index contributed by atoms with van der Waals surface area (Å²) in [4.78, 5) is 11.8. The third-order valence-electron chi connectivity index (χ3n) is 3.00. The van der Waals surface area contributed by atoms with E-state index in [2.05, 4.69) is 12.2 Å². The minimum Gasteiger partial charge on any atom is -0.464 e. The number of carbonyl (C=O) groups is 1. The number of hydrogen-bond donors (Lipinski definition) is 1. The molecule has 0 fully saturated rings. The van der Waals surface area contributed by atoms with Crippen molar-refractivity contribution in [2.24, 2.45) is 0 Å². The summed E-state index contributed by atoms with van der Waals surface area (Å²) in [6.45, 7) is 4.55. The Morgan fingerprint density at radius 2 is 1.84 bits per heavy atom. The quantitative estimate of drug-likeness (QED) is 0.540. The molecule has 0 saturated carbocycles. The fraction of sp³-hybridized carbons (Fsp3) is 0.562. The van der Waals surface area contributed by atoms with Crippen molar-refractivity contribution in [2.45, 2.75) is 52.0 Å². The molecule has 1 aromatic rings. The number of para-hydroxylation sites is 1. The lowest BCUT2D eigenvalue weighted by Crippen LogP contribution is -2.28. The topological polar surface area (TPSA) is 38.3 Å². The molecule has 0 aliphatic rings. The summed E-state index contributed by atoms with van der Waals surface area (Å²) in [6, 6.07) is 9.40. The van der Waals surface area contributed by atoms with Gasteiger partial charge in [-0.1, -0.05) is 50.8 Å². The zero-order chi connectivity index (χ0) is 13.9. The molecular weight excluding hydrogens is 238 g/mol. The molecule has 0 unspecified atom stereocenters. The molecule has 1 atom stereocenters. The van der Waals surface area contributed by atoms with Crippen molar-refractivity contribution in [1.82, 2.24) is 0 Å². The van der Waals surface area contributed by atoms with E-state index in [4.69, 9.17) is 4.74 Å². The summed E-state index contributed by atoms with van der Waals surface area (Å²) in [5.74, 6) is -0.181. The SMILES string of the molecule is CCCCCCCOC(=O)[C@H](C)Nc1ccccc1. The molecule has 19 heavy (non-hydrogen) atoms. The number of hydrogen-bond acceptors (Lipinski definition) is 3. The zero-order valence-corrected chi connectivity index (χ0v) is 12.0. The predicted molar refractivity (Wildman–Crippen MR) is 79.2 cm³/mol. The molecule has 0 spiro atoms. The average molecular weight is 263 g/mol. The Hall–Kier alpha value is -1.51. The molecular formula is C16H25NO2. The maximum absolute atomic E-state index is 11.8. The van der Waals surface area contributed by atoms with Crippen LogP contribution >= 0.6 is 0 Å². The molecule has 1 rings (SSSR count). The van der Waals surface area contributed by atoms with Gasteiger partial charge in [-0.15, -0.1) is 0 Å². The number of ether oxygens (including phenoxy) is 1. The lowest BCUT2D eigenvalue weighted by atomic mass is 10.2. The number of nitrogens with one attached hydrogen (secondary N) is 1. The lowest BCUT2D eigenvalue weighted by Gasteiger charge is -2.14. The predicted octanol–water partition coefficient (Wildman–Crippen LogP) is 4.00. The second kappa shape index (κ2) is 9.42. The van der Waals surface area contributed by atoms with Crippen LogP contribution in [0, 0.1) is 0 Å². The molecule has 0 heterocycles. The van der Waals surface area contributed by atoms with Crippen LogP contribution in [0.3, 0.4) is 0 Å². The fourth-order valence-electron chi connectivity index (χ4n) is 1.85. The molecule has 0 amide bonds. The van der Waals surface area contributed by atoms with Gasteiger partial charge < -0.3 is 10.1 Å². The van der Waals surface area contributed by atoms with Crippen LogP contribution in [0.4, 0.5) is 5.69 Å². The van der Waals surface area contributed by atoms with E-state index in [1.54, 1.807) is 0 Å². The van der Waals surface area contributed by atoms with E-state index in [1.165, 1.54) is 19.3 Å². The highest BCUT2D eigenvalue weighted by atomic mass is 16.5. The Morgan fingerprint density at radius 3 is 2.53 bits per heavy atom. The van der Waals surface area contributed by atoms with Gasteiger partial charge in [0.1, 0.15) is 6.04 Å². The van der Waals surface area contributed by atoms with Crippen LogP contribution in [-0.4, -0.2) is 18.6 Å². The Bertz CT molecular complexity index is 351. The van der Waals surface area contributed by atoms with Crippen LogP contribution < -0.4 is 5.32 Å². The molecule has 0 aliphatic carbocycles. The molecule has 1 N–H and O–H groups in total. The molecule has 0 bridgehead atoms. The summed E-state index contributed by atoms with van der Waals surface area (Å²) in [7, 11) is 0. The lowest BCUT2D eigenvalue weighted by molar-refractivity contribution is -0.144. The molecule has 0 aliphatic heterocycles. The van der Waals surface area contributed by atoms with Gasteiger partial charge in [-0.2, -0.15) is 0 Å². The van der Waals surface area contributed by atoms with Gasteiger partial charge in [-0.05, 0) is 25.5 Å². The van der Waals surface area contributed by atoms with Crippen LogP contribution in [0.2, 0.25) is 0 Å². The van der Waals surface area contributed by atoms with Crippen LogP contribution in [0.15, 0.2) is 30.3 Å². The molecule has 1 aromatic carbocycles. The van der Waals surface area contributed by atoms with Gasteiger partial charge in [0, 0.05) is 5.69 Å². The van der Waals surface area contributed by atoms with Gasteiger partial charge in [0.2, 0.25) is 0 Å². The number of benzene rings is 1. The number of rotatable bonds is 9. The van der Waals surface area contributed by atoms with E-state index in [1.807, 2.05) is 37.3 Å². The largest absolute Gasteiger partial charge is 0.464 e. The third kappa shape index (κ3) is 6.85. The summed E-state index contributed by atoms with van der Waals surface area (Å²) < 4.78 is 5.25. The second-order valence-electron chi connectivity index (χ2n) is 4.81. The zero-order valence-electron chi connectivity index (χ0n) is 12.0. The molecule has 0 saturated heterocycles. The first-order valence-corrected chi connectivity index (χ1v) is 7.22. The molecule has 3 nitrogen and oxygen atoms in total. The van der Waals surface area contributed by atoms with E-state index >= 15 is 0 Å². The Kier molecular flexibility index (Phi) is 7.71. The summed E-state index contributed by atoms with van der Waals surface area (Å²) in [6.07, 6.45) is 5.83. The standard InChI is InChI=1S/C16H25NO2/c1-3-4-5-6-10-13-19-16(18)14(2)17-15-11-8-7-9-12-15/h7-9,11-12,14,17H,3-6,10,13H2,1-2H3/t14-/m0/s1. The first kappa shape index (κ1) is 15.5. The van der Waals surface area contributed by atoms with Crippen molar-refractivity contribution in [3.8, 4) is 0 Å². The highest BCUT2D eigenvalue weighted by Gasteiger charge is 2.13. The molecule has 3 heteroatoms. The normalized spacial score (nSPS) is 11.9. The van der Waals surface area contributed by atoms with Crippen molar-refractivity contribution in [3.63, 3.8) is 0 Å². The Balaban J connectivity index is 2.15. The number of esters is 1. The Morgan fingerprint density at radius 1 is 1.16 bits per heavy atom. The molecule has 0 aromatic heterocycles. The minimum atomic E-state index is -0.307. The van der Waals surface area contributed by atoms with Crippen LogP contribution in [0.1, 0.15) is 46.0 Å². The minimum absolute atomic E-state index is 0.181. The van der Waals surface area contributed by atoms with E-state index in [0.717, 1.165) is 18.5 Å². The summed E-state index contributed by atoms with van der Waals surface area (Å²) in [5, 5.41) is 3.13. The van der Waals surface area contributed by atoms with E-state index in [9.17, 15) is 4.79 Å². The van der Waals surface area contributed by atoms with Gasteiger partial charge in [-0.3, -0.25) is 0 Å². The number of carbonyl (C=O) groups excluding carboxylic acids is 1. The van der Waals surface area contributed by atoms with Gasteiger partial charge in [0.05, 0.1) is 6.61 Å². The average Bonchev–Trinajstić information content (AvgIpc) is 2.43. The fourth-order valence-corrected chi connectivity index (χ4v) is 1.85. The van der Waals surface area contributed by atoms with E-state index in [-0.39, 0.29) is 12.0 Å². The second-order valence-corrected chi connectivity index (χ2v) is 4.81.